The van der Waals surface area contributed by atoms with E-state index in [-0.39, 0.29) is 24.0 Å². The Bertz CT molecular complexity index is 396. The maximum absolute atomic E-state index is 12.7. The number of likely N-dealkylation sites (N-methyl/N-ethyl adjacent to an activating group) is 1. The van der Waals surface area contributed by atoms with Crippen LogP contribution in [0, 0.1) is 11.3 Å². The summed E-state index contributed by atoms with van der Waals surface area (Å²) < 4.78 is 5.68. The van der Waals surface area contributed by atoms with Crippen LogP contribution in [0.3, 0.4) is 0 Å². The number of hydrogen-bond donors (Lipinski definition) is 1. The van der Waals surface area contributed by atoms with Gasteiger partial charge in [-0.15, -0.1) is 0 Å². The number of rotatable bonds is 7. The lowest BCUT2D eigenvalue weighted by Gasteiger charge is -2.39. The van der Waals surface area contributed by atoms with Gasteiger partial charge in [-0.2, -0.15) is 0 Å². The van der Waals surface area contributed by atoms with Gasteiger partial charge in [0.25, 0.3) is 0 Å². The van der Waals surface area contributed by atoms with Crippen molar-refractivity contribution in [2.45, 2.75) is 40.2 Å². The van der Waals surface area contributed by atoms with Crippen molar-refractivity contribution in [3.05, 3.63) is 0 Å². The molecule has 0 aromatic heterocycles. The van der Waals surface area contributed by atoms with Gasteiger partial charge in [0.15, 0.2) is 0 Å². The number of hydrogen-bond acceptors (Lipinski definition) is 4. The van der Waals surface area contributed by atoms with Crippen molar-refractivity contribution in [1.82, 2.24) is 9.80 Å². The van der Waals surface area contributed by atoms with E-state index in [1.807, 2.05) is 18.7 Å². The van der Waals surface area contributed by atoms with Gasteiger partial charge in [0, 0.05) is 25.0 Å². The Labute approximate surface area is 133 Å². The molecule has 1 N–H and O–H groups in total. The molecule has 1 heterocycles. The second-order valence-electron chi connectivity index (χ2n) is 7.32. The minimum atomic E-state index is -0.857. The number of carboxylic acid groups (broad SMARTS) is 1. The molecule has 0 spiro atoms. The number of carbonyl (C=O) groups excluding carboxylic acids is 1. The van der Waals surface area contributed by atoms with E-state index in [1.165, 1.54) is 0 Å². The van der Waals surface area contributed by atoms with Crippen LogP contribution in [-0.4, -0.2) is 72.7 Å². The van der Waals surface area contributed by atoms with E-state index in [4.69, 9.17) is 9.84 Å². The Balaban J connectivity index is 2.58. The minimum Gasteiger partial charge on any atom is -0.480 e. The molecule has 1 unspecified atom stereocenters. The molecule has 0 bridgehead atoms. The molecule has 1 saturated heterocycles. The van der Waals surface area contributed by atoms with Crippen molar-refractivity contribution >= 4 is 11.9 Å². The first-order chi connectivity index (χ1) is 10.1. The highest BCUT2D eigenvalue weighted by molar-refractivity contribution is 5.82. The first-order valence-electron chi connectivity index (χ1n) is 7.93. The van der Waals surface area contributed by atoms with E-state index in [0.717, 1.165) is 6.42 Å². The number of morpholine rings is 1. The van der Waals surface area contributed by atoms with Crippen molar-refractivity contribution in [3.8, 4) is 0 Å². The van der Waals surface area contributed by atoms with Gasteiger partial charge in [-0.1, -0.05) is 27.7 Å². The molecule has 0 aliphatic carbocycles. The number of nitrogens with zero attached hydrogens (tertiary/aromatic N) is 2. The SMILES string of the molecule is CC(C)CC(C)(C)C(=O)N1CCOC(CN(C)CC(=O)O)C1. The lowest BCUT2D eigenvalue weighted by atomic mass is 9.82. The Morgan fingerprint density at radius 3 is 2.59 bits per heavy atom. The maximum atomic E-state index is 12.7. The second kappa shape index (κ2) is 7.92. The maximum Gasteiger partial charge on any atom is 0.317 e. The summed E-state index contributed by atoms with van der Waals surface area (Å²) in [6.45, 7) is 10.4. The standard InChI is InChI=1S/C16H30N2O4/c1-12(2)8-16(3,4)15(21)18-6-7-22-13(10-18)9-17(5)11-14(19)20/h12-13H,6-11H2,1-5H3,(H,19,20). The number of amides is 1. The molecule has 22 heavy (non-hydrogen) atoms. The Morgan fingerprint density at radius 2 is 2.05 bits per heavy atom. The third kappa shape index (κ3) is 5.93. The fourth-order valence-corrected chi connectivity index (χ4v) is 3.19. The molecule has 1 amide bonds. The van der Waals surface area contributed by atoms with E-state index in [2.05, 4.69) is 13.8 Å². The lowest BCUT2D eigenvalue weighted by Crippen LogP contribution is -2.52. The average Bonchev–Trinajstić information content (AvgIpc) is 2.35. The van der Waals surface area contributed by atoms with Gasteiger partial charge in [-0.05, 0) is 19.4 Å². The molecule has 0 radical (unpaired) electrons. The first-order valence-corrected chi connectivity index (χ1v) is 7.93. The predicted molar refractivity (Wildman–Crippen MR) is 84.7 cm³/mol. The zero-order valence-electron chi connectivity index (χ0n) is 14.5. The second-order valence-corrected chi connectivity index (χ2v) is 7.32. The molecule has 1 aliphatic heterocycles. The highest BCUT2D eigenvalue weighted by Crippen LogP contribution is 2.28. The van der Waals surface area contributed by atoms with Crippen LogP contribution in [-0.2, 0) is 14.3 Å². The van der Waals surface area contributed by atoms with E-state index in [1.54, 1.807) is 11.9 Å². The fraction of sp³-hybridized carbons (Fsp3) is 0.875. The fourth-order valence-electron chi connectivity index (χ4n) is 3.19. The number of carbonyl (C=O) groups is 2. The topological polar surface area (TPSA) is 70.1 Å². The van der Waals surface area contributed by atoms with Gasteiger partial charge in [-0.3, -0.25) is 14.5 Å². The quantitative estimate of drug-likeness (QED) is 0.767. The highest BCUT2D eigenvalue weighted by atomic mass is 16.5. The zero-order valence-corrected chi connectivity index (χ0v) is 14.5. The largest absolute Gasteiger partial charge is 0.480 e. The van der Waals surface area contributed by atoms with Crippen LogP contribution in [0.4, 0.5) is 0 Å². The summed E-state index contributed by atoms with van der Waals surface area (Å²) in [6.07, 6.45) is 0.726. The van der Waals surface area contributed by atoms with E-state index >= 15 is 0 Å². The average molecular weight is 314 g/mol. The monoisotopic (exact) mass is 314 g/mol. The predicted octanol–water partition coefficient (Wildman–Crippen LogP) is 1.30. The minimum absolute atomic E-state index is 0.0212. The smallest absolute Gasteiger partial charge is 0.317 e. The van der Waals surface area contributed by atoms with Crippen molar-refractivity contribution in [3.63, 3.8) is 0 Å². The molecule has 0 aromatic rings. The molecule has 0 saturated carbocycles. The molecule has 1 rings (SSSR count). The van der Waals surface area contributed by atoms with Crippen LogP contribution < -0.4 is 0 Å². The molecular formula is C16H30N2O4. The van der Waals surface area contributed by atoms with Gasteiger partial charge in [-0.25, -0.2) is 0 Å². The van der Waals surface area contributed by atoms with Crippen molar-refractivity contribution < 1.29 is 19.4 Å². The van der Waals surface area contributed by atoms with E-state index < -0.39 is 5.97 Å². The molecule has 1 aliphatic rings. The van der Waals surface area contributed by atoms with Crippen LogP contribution in [0.15, 0.2) is 0 Å². The Kier molecular flexibility index (Phi) is 6.81. The summed E-state index contributed by atoms with van der Waals surface area (Å²) in [4.78, 5) is 27.0. The van der Waals surface area contributed by atoms with Gasteiger partial charge in [0.2, 0.25) is 5.91 Å². The number of ether oxygens (including phenoxy) is 1. The molecule has 0 aromatic carbocycles. The normalized spacial score (nSPS) is 19.8. The summed E-state index contributed by atoms with van der Waals surface area (Å²) in [5, 5.41) is 8.80. The highest BCUT2D eigenvalue weighted by Gasteiger charge is 2.35. The summed E-state index contributed by atoms with van der Waals surface area (Å²) >= 11 is 0. The molecule has 1 atom stereocenters. The van der Waals surface area contributed by atoms with Gasteiger partial charge in [0.05, 0.1) is 19.3 Å². The van der Waals surface area contributed by atoms with Crippen molar-refractivity contribution in [2.75, 3.05) is 39.8 Å². The lowest BCUT2D eigenvalue weighted by molar-refractivity contribution is -0.150. The molecule has 128 valence electrons. The Hall–Kier alpha value is -1.14. The van der Waals surface area contributed by atoms with Crippen LogP contribution in [0.2, 0.25) is 0 Å². The van der Waals surface area contributed by atoms with Crippen LogP contribution in [0.5, 0.6) is 0 Å². The van der Waals surface area contributed by atoms with Gasteiger partial charge in [0.1, 0.15) is 0 Å². The number of carboxylic acids is 1. The first kappa shape index (κ1) is 18.9. The van der Waals surface area contributed by atoms with Gasteiger partial charge < -0.3 is 14.7 Å². The summed E-state index contributed by atoms with van der Waals surface area (Å²) in [7, 11) is 1.75. The van der Waals surface area contributed by atoms with Crippen LogP contribution in [0.25, 0.3) is 0 Å². The van der Waals surface area contributed by atoms with Gasteiger partial charge >= 0.3 is 5.97 Å². The summed E-state index contributed by atoms with van der Waals surface area (Å²) in [5.74, 6) is -0.225. The van der Waals surface area contributed by atoms with Crippen molar-refractivity contribution in [1.29, 1.82) is 0 Å². The molecule has 6 nitrogen and oxygen atoms in total. The van der Waals surface area contributed by atoms with E-state index in [9.17, 15) is 9.59 Å². The molecule has 1 fully saturated rings. The number of aliphatic carboxylic acids is 1. The third-order valence-corrected chi connectivity index (χ3v) is 3.84. The molecular weight excluding hydrogens is 284 g/mol. The van der Waals surface area contributed by atoms with Crippen LogP contribution >= 0.6 is 0 Å². The summed E-state index contributed by atoms with van der Waals surface area (Å²) in [6, 6.07) is 0. The zero-order chi connectivity index (χ0) is 16.9. The van der Waals surface area contributed by atoms with Crippen LogP contribution in [0.1, 0.15) is 34.1 Å². The Morgan fingerprint density at radius 1 is 1.41 bits per heavy atom. The third-order valence-electron chi connectivity index (χ3n) is 3.84. The summed E-state index contributed by atoms with van der Waals surface area (Å²) in [5.41, 5.74) is -0.372. The van der Waals surface area contributed by atoms with Crippen molar-refractivity contribution in [2.24, 2.45) is 11.3 Å². The van der Waals surface area contributed by atoms with E-state index in [0.29, 0.717) is 32.2 Å². The molecule has 6 heteroatoms.